The van der Waals surface area contributed by atoms with E-state index in [9.17, 15) is 36.9 Å². The summed E-state index contributed by atoms with van der Waals surface area (Å²) in [5.74, 6) is -0.628. The summed E-state index contributed by atoms with van der Waals surface area (Å²) in [5.41, 5.74) is 9.80. The first kappa shape index (κ1) is 62.8. The van der Waals surface area contributed by atoms with E-state index in [1.807, 2.05) is 84.8 Å². The Morgan fingerprint density at radius 1 is 0.782 bits per heavy atom. The first-order chi connectivity index (χ1) is 41.9. The van der Waals surface area contributed by atoms with Crippen LogP contribution in [-0.4, -0.2) is 155 Å². The van der Waals surface area contributed by atoms with Crippen molar-refractivity contribution in [2.45, 2.75) is 88.2 Å². The summed E-state index contributed by atoms with van der Waals surface area (Å²) in [6, 6.07) is 29.3. The minimum atomic E-state index is -4.82. The highest BCUT2D eigenvalue weighted by molar-refractivity contribution is 8.77. The van der Waals surface area contributed by atoms with E-state index >= 15 is 0 Å². The molecule has 5 heterocycles. The van der Waals surface area contributed by atoms with Crippen molar-refractivity contribution >= 4 is 90.2 Å². The van der Waals surface area contributed by atoms with Gasteiger partial charge in [-0.2, -0.15) is 8.42 Å². The molecule has 20 nitrogen and oxygen atoms in total. The number of aliphatic imine (C=N–C) groups is 1. The number of hydrogen-bond donors (Lipinski definition) is 2. The number of rotatable bonds is 29. The van der Waals surface area contributed by atoms with Crippen LogP contribution in [0.25, 0.3) is 0 Å². The molecule has 0 radical (unpaired) electrons. The summed E-state index contributed by atoms with van der Waals surface area (Å²) in [4.78, 5) is 77.4. The molecule has 10 rings (SSSR count). The van der Waals surface area contributed by atoms with Crippen LogP contribution in [0.4, 0.5) is 22.7 Å². The molecule has 460 valence electrons. The number of para-hydroxylation sites is 2. The molecular formula is C64H72N6O14S3. The number of carbonyl (C=O) groups excluding carboxylic acids is 5. The normalized spacial score (nSPS) is 17.1. The summed E-state index contributed by atoms with van der Waals surface area (Å²) >= 11 is 0. The van der Waals surface area contributed by atoms with Gasteiger partial charge < -0.3 is 43.5 Å². The van der Waals surface area contributed by atoms with Gasteiger partial charge in [0.05, 0.1) is 57.4 Å². The molecule has 0 spiro atoms. The van der Waals surface area contributed by atoms with Crippen molar-refractivity contribution < 1.29 is 65.4 Å². The fourth-order valence-corrected chi connectivity index (χ4v) is 15.1. The van der Waals surface area contributed by atoms with E-state index < -0.39 is 37.8 Å². The van der Waals surface area contributed by atoms with E-state index in [0.29, 0.717) is 93.0 Å². The molecule has 5 aromatic rings. The van der Waals surface area contributed by atoms with Gasteiger partial charge in [-0.1, -0.05) is 58.0 Å². The van der Waals surface area contributed by atoms with Crippen LogP contribution >= 0.6 is 21.6 Å². The number of methoxy groups -OCH3 is 2. The van der Waals surface area contributed by atoms with E-state index in [2.05, 4.69) is 36.2 Å². The zero-order chi connectivity index (χ0) is 61.4. The number of ether oxygens (including phenoxy) is 6. The Morgan fingerprint density at radius 3 is 2.14 bits per heavy atom. The predicted molar refractivity (Wildman–Crippen MR) is 336 cm³/mol. The Balaban J connectivity index is 0.899. The van der Waals surface area contributed by atoms with Crippen LogP contribution in [0.2, 0.25) is 0 Å². The number of amides is 5. The standard InChI is InChI=1S/C64H72N6O14S3/c1-41-28-50-44(14-15-47-32-45-10-6-8-12-53(45)69(47)62(50)74)34-55(41)83-38-42-29-43(39-84-57-36-52-51(35-56(57)80-5)63(75)70-49(37-66-52)33-46-11-7-9-13-54(46)70)31-48(30-42)67(21-22-81-25-26-82-24-23-79-4)40-64(2,3)86-85-27-18-58(87(76,77)78)61(73)65-19-20-68-59(71)16-17-60(68)72/h6-13,16-17,28-31,34-37,47,49,58H,14-15,18-27,32-33,38-40H2,1-5H3,(H,65,73)(H,76,77,78). The van der Waals surface area contributed by atoms with E-state index in [-0.39, 0.29) is 62.4 Å². The van der Waals surface area contributed by atoms with Crippen molar-refractivity contribution in [1.82, 2.24) is 10.2 Å². The van der Waals surface area contributed by atoms with Crippen molar-refractivity contribution in [3.05, 3.63) is 148 Å². The molecule has 5 aromatic carbocycles. The molecule has 23 heteroatoms. The van der Waals surface area contributed by atoms with Crippen molar-refractivity contribution in [3.8, 4) is 17.2 Å². The topological polar surface area (TPSA) is 232 Å². The minimum absolute atomic E-state index is 0.00484. The van der Waals surface area contributed by atoms with Crippen LogP contribution in [0.5, 0.6) is 17.2 Å². The Hall–Kier alpha value is -7.25. The van der Waals surface area contributed by atoms with Crippen molar-refractivity contribution in [1.29, 1.82) is 0 Å². The van der Waals surface area contributed by atoms with Crippen molar-refractivity contribution in [2.75, 3.05) is 93.9 Å². The molecule has 0 saturated heterocycles. The van der Waals surface area contributed by atoms with Gasteiger partial charge in [0.2, 0.25) is 5.91 Å². The Labute approximate surface area is 515 Å². The molecule has 3 unspecified atom stereocenters. The average Bonchev–Trinajstić information content (AvgIpc) is 1.88. The van der Waals surface area contributed by atoms with Crippen LogP contribution in [0.15, 0.2) is 108 Å². The van der Waals surface area contributed by atoms with Crippen LogP contribution in [-0.2, 0) is 71.2 Å². The number of nitrogens with zero attached hydrogens (tertiary/aromatic N) is 5. The highest BCUT2D eigenvalue weighted by Crippen LogP contribution is 2.43. The second-order valence-corrected chi connectivity index (χ2v) is 27.2. The maximum atomic E-state index is 14.3. The van der Waals surface area contributed by atoms with Crippen LogP contribution in [0, 0.1) is 6.92 Å². The molecule has 5 amide bonds. The molecule has 5 aliphatic heterocycles. The second kappa shape index (κ2) is 27.8. The number of aryl methyl sites for hydroxylation is 2. The van der Waals surface area contributed by atoms with Gasteiger partial charge in [-0.3, -0.25) is 43.3 Å². The van der Waals surface area contributed by atoms with Crippen LogP contribution < -0.4 is 34.2 Å². The van der Waals surface area contributed by atoms with Gasteiger partial charge >= 0.3 is 0 Å². The van der Waals surface area contributed by atoms with Gasteiger partial charge in [0.1, 0.15) is 19.0 Å². The number of anilines is 3. The van der Waals surface area contributed by atoms with Crippen LogP contribution in [0.3, 0.4) is 0 Å². The molecule has 0 aromatic heterocycles. The van der Waals surface area contributed by atoms with E-state index in [0.717, 1.165) is 74.8 Å². The molecule has 2 N–H and O–H groups in total. The molecule has 0 bridgehead atoms. The largest absolute Gasteiger partial charge is 0.493 e. The fraction of sp³-hybridized carbons (Fsp3) is 0.406. The average molecular weight is 1250 g/mol. The quantitative estimate of drug-likeness (QED) is 0.0198. The lowest BCUT2D eigenvalue weighted by Crippen LogP contribution is -2.44. The summed E-state index contributed by atoms with van der Waals surface area (Å²) in [6.07, 6.45) is 6.82. The lowest BCUT2D eigenvalue weighted by Gasteiger charge is -2.34. The van der Waals surface area contributed by atoms with Crippen LogP contribution in [0.1, 0.15) is 80.8 Å². The Kier molecular flexibility index (Phi) is 20.1. The van der Waals surface area contributed by atoms with E-state index in [1.165, 1.54) is 34.3 Å². The SMILES string of the molecule is COCCOCCOCCN(CC(C)(C)SSCCC(C(=O)NCCN1C(=O)C=CC1=O)S(=O)(=O)O)c1cc(COc2cc3c(cc2C)C(=O)N2c4ccccc4CC2CC3)cc(COc2cc3c(cc2OC)C(=O)N2c4ccccc4CC2C=N3)c1. The summed E-state index contributed by atoms with van der Waals surface area (Å²) in [6.45, 7) is 8.73. The first-order valence-corrected chi connectivity index (χ1v) is 32.8. The molecule has 3 atom stereocenters. The van der Waals surface area contributed by atoms with Gasteiger partial charge in [0.25, 0.3) is 33.7 Å². The van der Waals surface area contributed by atoms with Gasteiger partial charge in [0.15, 0.2) is 16.7 Å². The number of carbonyl (C=O) groups is 5. The van der Waals surface area contributed by atoms with Gasteiger partial charge in [-0.05, 0) is 128 Å². The van der Waals surface area contributed by atoms with E-state index in [1.54, 1.807) is 24.1 Å². The zero-order valence-corrected chi connectivity index (χ0v) is 51.8. The predicted octanol–water partition coefficient (Wildman–Crippen LogP) is 8.30. The number of benzene rings is 5. The van der Waals surface area contributed by atoms with Crippen molar-refractivity contribution in [2.24, 2.45) is 4.99 Å². The summed E-state index contributed by atoms with van der Waals surface area (Å²) in [7, 11) is 1.17. The molecule has 87 heavy (non-hydrogen) atoms. The fourth-order valence-electron chi connectivity index (χ4n) is 11.6. The second-order valence-electron chi connectivity index (χ2n) is 22.5. The highest BCUT2D eigenvalue weighted by Gasteiger charge is 2.39. The number of hydrogen-bond acceptors (Lipinski definition) is 17. The highest BCUT2D eigenvalue weighted by atomic mass is 33.1. The number of fused-ring (bicyclic) bond motifs is 8. The lowest BCUT2D eigenvalue weighted by atomic mass is 9.98. The summed E-state index contributed by atoms with van der Waals surface area (Å²) < 4.78 is 70.9. The number of nitrogens with one attached hydrogen (secondary N) is 1. The minimum Gasteiger partial charge on any atom is -0.493 e. The lowest BCUT2D eigenvalue weighted by molar-refractivity contribution is -0.137. The van der Waals surface area contributed by atoms with Gasteiger partial charge in [-0.25, -0.2) is 0 Å². The summed E-state index contributed by atoms with van der Waals surface area (Å²) in [5, 5.41) is 0.669. The maximum absolute atomic E-state index is 14.3. The third-order valence-corrected chi connectivity index (χ3v) is 20.3. The molecule has 0 saturated carbocycles. The third-order valence-electron chi connectivity index (χ3n) is 15.8. The van der Waals surface area contributed by atoms with Gasteiger partial charge in [-0.15, -0.1) is 0 Å². The third kappa shape index (κ3) is 14.8. The molecular weight excluding hydrogens is 1170 g/mol. The molecule has 0 aliphatic carbocycles. The monoisotopic (exact) mass is 1240 g/mol. The zero-order valence-electron chi connectivity index (χ0n) is 49.4. The smallest absolute Gasteiger partial charge is 0.276 e. The van der Waals surface area contributed by atoms with Crippen molar-refractivity contribution in [3.63, 3.8) is 0 Å². The van der Waals surface area contributed by atoms with Gasteiger partial charge in [0, 0.05) is 103 Å². The number of imide groups is 1. The Morgan fingerprint density at radius 2 is 1.44 bits per heavy atom. The van der Waals surface area contributed by atoms with E-state index in [4.69, 9.17) is 33.4 Å². The maximum Gasteiger partial charge on any atom is 0.276 e. The Bertz CT molecular complexity index is 3580. The molecule has 0 fully saturated rings. The molecule has 5 aliphatic rings. The first-order valence-electron chi connectivity index (χ1n) is 29.0.